The fraction of sp³-hybridized carbons (Fsp3) is 0.812. The molecule has 0 aromatic carbocycles. The Hall–Kier alpha value is -0.870. The maximum Gasteiger partial charge on any atom is 0.0764 e. The zero-order chi connectivity index (χ0) is 13.9. The second-order valence-electron chi connectivity index (χ2n) is 6.42. The van der Waals surface area contributed by atoms with Gasteiger partial charge in [-0.15, -0.1) is 0 Å². The molecule has 4 heteroatoms. The van der Waals surface area contributed by atoms with E-state index < -0.39 is 0 Å². The SMILES string of the molecule is CCC(CC)n1ccc(CN2CCC3CCC(C2)N3)n1. The lowest BCUT2D eigenvalue weighted by molar-refractivity contribution is 0.246. The lowest BCUT2D eigenvalue weighted by Gasteiger charge is -2.23. The van der Waals surface area contributed by atoms with Crippen LogP contribution in [0.3, 0.4) is 0 Å². The van der Waals surface area contributed by atoms with E-state index in [1.807, 2.05) is 0 Å². The van der Waals surface area contributed by atoms with E-state index in [0.29, 0.717) is 12.1 Å². The van der Waals surface area contributed by atoms with Crippen LogP contribution >= 0.6 is 0 Å². The van der Waals surface area contributed by atoms with Gasteiger partial charge in [0.25, 0.3) is 0 Å². The maximum atomic E-state index is 4.79. The summed E-state index contributed by atoms with van der Waals surface area (Å²) in [6, 6.07) is 4.25. The van der Waals surface area contributed by atoms with E-state index >= 15 is 0 Å². The van der Waals surface area contributed by atoms with E-state index in [4.69, 9.17) is 5.10 Å². The molecule has 2 aliphatic rings. The highest BCUT2D eigenvalue weighted by Gasteiger charge is 2.29. The highest BCUT2D eigenvalue weighted by atomic mass is 15.3. The van der Waals surface area contributed by atoms with Gasteiger partial charge in [-0.3, -0.25) is 9.58 Å². The molecule has 2 aliphatic heterocycles. The van der Waals surface area contributed by atoms with Crippen LogP contribution in [0.4, 0.5) is 0 Å². The molecule has 1 aromatic rings. The molecule has 0 amide bonds. The Labute approximate surface area is 122 Å². The fourth-order valence-corrected chi connectivity index (χ4v) is 3.72. The van der Waals surface area contributed by atoms with E-state index in [1.165, 1.54) is 38.0 Å². The van der Waals surface area contributed by atoms with Crippen LogP contribution in [0.1, 0.15) is 57.7 Å². The number of aromatic nitrogens is 2. The van der Waals surface area contributed by atoms with Gasteiger partial charge in [0.1, 0.15) is 0 Å². The molecule has 0 radical (unpaired) electrons. The molecule has 1 N–H and O–H groups in total. The summed E-state index contributed by atoms with van der Waals surface area (Å²) < 4.78 is 2.16. The van der Waals surface area contributed by atoms with Crippen LogP contribution in [0, 0.1) is 0 Å². The van der Waals surface area contributed by atoms with Crippen molar-refractivity contribution in [1.29, 1.82) is 0 Å². The van der Waals surface area contributed by atoms with Crippen molar-refractivity contribution in [3.05, 3.63) is 18.0 Å². The molecule has 0 spiro atoms. The van der Waals surface area contributed by atoms with Gasteiger partial charge < -0.3 is 5.32 Å². The van der Waals surface area contributed by atoms with Crippen LogP contribution in [0.15, 0.2) is 12.3 Å². The zero-order valence-electron chi connectivity index (χ0n) is 12.9. The molecule has 1 aromatic heterocycles. The van der Waals surface area contributed by atoms with Crippen LogP contribution in [-0.2, 0) is 6.54 Å². The Kier molecular flexibility index (Phi) is 4.41. The lowest BCUT2D eigenvalue weighted by Crippen LogP contribution is -2.35. The number of likely N-dealkylation sites (tertiary alicyclic amines) is 1. The monoisotopic (exact) mass is 276 g/mol. The Balaban J connectivity index is 1.60. The maximum absolute atomic E-state index is 4.79. The number of hydrogen-bond acceptors (Lipinski definition) is 3. The Morgan fingerprint density at radius 2 is 2.05 bits per heavy atom. The summed E-state index contributed by atoms with van der Waals surface area (Å²) in [4.78, 5) is 2.58. The number of nitrogens with zero attached hydrogens (tertiary/aromatic N) is 3. The first kappa shape index (κ1) is 14.1. The molecule has 3 rings (SSSR count). The Morgan fingerprint density at radius 1 is 1.25 bits per heavy atom. The van der Waals surface area contributed by atoms with Crippen LogP contribution in [-0.4, -0.2) is 39.9 Å². The van der Waals surface area contributed by atoms with E-state index in [2.05, 4.69) is 41.0 Å². The van der Waals surface area contributed by atoms with Crippen LogP contribution in [0.2, 0.25) is 0 Å². The summed E-state index contributed by atoms with van der Waals surface area (Å²) in [6.07, 6.45) is 8.51. The van der Waals surface area contributed by atoms with Gasteiger partial charge in [-0.1, -0.05) is 13.8 Å². The minimum atomic E-state index is 0.561. The van der Waals surface area contributed by atoms with Crippen molar-refractivity contribution in [3.8, 4) is 0 Å². The molecule has 0 aliphatic carbocycles. The van der Waals surface area contributed by atoms with Crippen LogP contribution < -0.4 is 5.32 Å². The smallest absolute Gasteiger partial charge is 0.0764 e. The van der Waals surface area contributed by atoms with E-state index in [-0.39, 0.29) is 0 Å². The predicted octanol–water partition coefficient (Wildman–Crippen LogP) is 2.57. The lowest BCUT2D eigenvalue weighted by atomic mass is 10.1. The third-order valence-electron chi connectivity index (χ3n) is 4.97. The third-order valence-corrected chi connectivity index (χ3v) is 4.97. The summed E-state index contributed by atoms with van der Waals surface area (Å²) in [5.41, 5.74) is 1.23. The van der Waals surface area contributed by atoms with Crippen molar-refractivity contribution >= 4 is 0 Å². The van der Waals surface area contributed by atoms with Crippen molar-refractivity contribution in [2.24, 2.45) is 0 Å². The molecule has 112 valence electrons. The molecule has 2 bridgehead atoms. The van der Waals surface area contributed by atoms with E-state index in [1.54, 1.807) is 0 Å². The molecule has 2 atom stereocenters. The van der Waals surface area contributed by atoms with E-state index in [0.717, 1.165) is 25.4 Å². The van der Waals surface area contributed by atoms with Crippen LogP contribution in [0.5, 0.6) is 0 Å². The molecule has 0 saturated carbocycles. The first-order valence-electron chi connectivity index (χ1n) is 8.31. The second kappa shape index (κ2) is 6.27. The van der Waals surface area contributed by atoms with Gasteiger partial charge in [0, 0.05) is 37.9 Å². The zero-order valence-corrected chi connectivity index (χ0v) is 12.9. The van der Waals surface area contributed by atoms with Crippen molar-refractivity contribution in [2.45, 2.75) is 70.6 Å². The first-order valence-corrected chi connectivity index (χ1v) is 8.31. The molecule has 2 unspecified atom stereocenters. The summed E-state index contributed by atoms with van der Waals surface area (Å²) in [5, 5.41) is 8.54. The fourth-order valence-electron chi connectivity index (χ4n) is 3.72. The topological polar surface area (TPSA) is 33.1 Å². The molecular formula is C16H28N4. The Bertz CT molecular complexity index is 424. The molecule has 3 heterocycles. The van der Waals surface area contributed by atoms with Gasteiger partial charge in [-0.05, 0) is 38.2 Å². The average Bonchev–Trinajstić information content (AvgIpc) is 3.01. The van der Waals surface area contributed by atoms with Crippen molar-refractivity contribution in [3.63, 3.8) is 0 Å². The van der Waals surface area contributed by atoms with Gasteiger partial charge >= 0.3 is 0 Å². The molecule has 2 fully saturated rings. The van der Waals surface area contributed by atoms with Gasteiger partial charge in [-0.2, -0.15) is 5.10 Å². The normalized spacial score (nSPS) is 27.1. The van der Waals surface area contributed by atoms with Gasteiger partial charge in [0.05, 0.1) is 11.7 Å². The number of rotatable bonds is 5. The summed E-state index contributed by atoms with van der Waals surface area (Å²) in [7, 11) is 0. The highest BCUT2D eigenvalue weighted by Crippen LogP contribution is 2.21. The number of fused-ring (bicyclic) bond motifs is 2. The summed E-state index contributed by atoms with van der Waals surface area (Å²) in [5.74, 6) is 0. The summed E-state index contributed by atoms with van der Waals surface area (Å²) >= 11 is 0. The van der Waals surface area contributed by atoms with Gasteiger partial charge in [0.15, 0.2) is 0 Å². The molecule has 4 nitrogen and oxygen atoms in total. The number of nitrogens with one attached hydrogen (secondary N) is 1. The van der Waals surface area contributed by atoms with Crippen LogP contribution in [0.25, 0.3) is 0 Å². The van der Waals surface area contributed by atoms with Gasteiger partial charge in [0.2, 0.25) is 0 Å². The highest BCUT2D eigenvalue weighted by molar-refractivity contribution is 5.01. The van der Waals surface area contributed by atoms with Crippen molar-refractivity contribution in [1.82, 2.24) is 20.0 Å². The standard InChI is InChI=1S/C16H28N4/c1-3-16(4-2)20-10-8-15(18-20)12-19-9-7-13-5-6-14(11-19)17-13/h8,10,13-14,16-17H,3-7,9,11-12H2,1-2H3. The molecule has 2 saturated heterocycles. The predicted molar refractivity (Wildman–Crippen MR) is 81.7 cm³/mol. The minimum Gasteiger partial charge on any atom is -0.310 e. The van der Waals surface area contributed by atoms with E-state index in [9.17, 15) is 0 Å². The molecule has 20 heavy (non-hydrogen) atoms. The Morgan fingerprint density at radius 3 is 2.85 bits per heavy atom. The number of hydrogen-bond donors (Lipinski definition) is 1. The first-order chi connectivity index (χ1) is 9.78. The van der Waals surface area contributed by atoms with Crippen molar-refractivity contribution < 1.29 is 0 Å². The van der Waals surface area contributed by atoms with Gasteiger partial charge in [-0.25, -0.2) is 0 Å². The minimum absolute atomic E-state index is 0.561. The second-order valence-corrected chi connectivity index (χ2v) is 6.42. The summed E-state index contributed by atoms with van der Waals surface area (Å²) in [6.45, 7) is 7.90. The van der Waals surface area contributed by atoms with Crippen molar-refractivity contribution in [2.75, 3.05) is 13.1 Å². The quantitative estimate of drug-likeness (QED) is 0.897. The average molecular weight is 276 g/mol. The molecular weight excluding hydrogens is 248 g/mol. The third kappa shape index (κ3) is 3.07. The largest absolute Gasteiger partial charge is 0.310 e.